The minimum atomic E-state index is -0.429. The lowest BCUT2D eigenvalue weighted by molar-refractivity contribution is -0.682. The van der Waals surface area contributed by atoms with Gasteiger partial charge in [-0.1, -0.05) is 67.6 Å². The summed E-state index contributed by atoms with van der Waals surface area (Å²) in [4.78, 5) is 25.9. The average molecular weight is 424 g/mol. The second-order valence-corrected chi connectivity index (χ2v) is 7.72. The number of benzene rings is 2. The van der Waals surface area contributed by atoms with Crippen LogP contribution < -0.4 is 10.6 Å². The van der Waals surface area contributed by atoms with Gasteiger partial charge in [-0.3, -0.25) is 4.79 Å². The molecule has 5 nitrogen and oxygen atoms in total. The van der Waals surface area contributed by atoms with Crippen LogP contribution in [0, 0.1) is 0 Å². The fourth-order valence-corrected chi connectivity index (χ4v) is 4.22. The molecule has 0 unspecified atom stereocenters. The lowest BCUT2D eigenvalue weighted by Gasteiger charge is -2.16. The molecule has 30 heavy (non-hydrogen) atoms. The predicted molar refractivity (Wildman–Crippen MR) is 121 cm³/mol. The van der Waals surface area contributed by atoms with Gasteiger partial charge in [-0.15, -0.1) is 11.3 Å². The number of anilines is 1. The Morgan fingerprint density at radius 1 is 1.03 bits per heavy atom. The molecule has 1 heterocycles. The lowest BCUT2D eigenvalue weighted by atomic mass is 10.0. The zero-order chi connectivity index (χ0) is 21.3. The Morgan fingerprint density at radius 3 is 2.33 bits per heavy atom. The van der Waals surface area contributed by atoms with Crippen molar-refractivity contribution in [1.82, 2.24) is 0 Å². The van der Waals surface area contributed by atoms with Crippen LogP contribution in [-0.4, -0.2) is 25.0 Å². The summed E-state index contributed by atoms with van der Waals surface area (Å²) in [7, 11) is 0. The molecule has 0 bridgehead atoms. The van der Waals surface area contributed by atoms with Crippen LogP contribution in [-0.2, 0) is 9.53 Å². The number of hydrogen-bond acceptors (Lipinski definition) is 4. The summed E-state index contributed by atoms with van der Waals surface area (Å²) in [6, 6.07) is 19.0. The molecule has 0 aliphatic heterocycles. The number of amides is 1. The highest BCUT2D eigenvalue weighted by Crippen LogP contribution is 2.36. The Balaban J connectivity index is 1.93. The molecule has 1 atom stereocenters. The number of quaternary nitrogens is 1. The number of rotatable bonds is 9. The Kier molecular flexibility index (Phi) is 7.76. The van der Waals surface area contributed by atoms with E-state index in [2.05, 4.69) is 12.2 Å². The van der Waals surface area contributed by atoms with Crippen molar-refractivity contribution >= 4 is 28.2 Å². The molecule has 0 aliphatic rings. The molecule has 0 radical (unpaired) electrons. The average Bonchev–Trinajstić information content (AvgIpc) is 3.19. The van der Waals surface area contributed by atoms with E-state index >= 15 is 0 Å². The van der Waals surface area contributed by atoms with Crippen molar-refractivity contribution in [2.45, 2.75) is 26.3 Å². The van der Waals surface area contributed by atoms with E-state index in [-0.39, 0.29) is 18.6 Å². The normalized spacial score (nSPS) is 11.7. The zero-order valence-electron chi connectivity index (χ0n) is 17.3. The van der Waals surface area contributed by atoms with Crippen molar-refractivity contribution in [3.63, 3.8) is 0 Å². The molecule has 0 saturated carbocycles. The van der Waals surface area contributed by atoms with Gasteiger partial charge in [-0.25, -0.2) is 4.79 Å². The van der Waals surface area contributed by atoms with Crippen molar-refractivity contribution in [3.8, 4) is 11.1 Å². The first-order valence-corrected chi connectivity index (χ1v) is 11.1. The van der Waals surface area contributed by atoms with E-state index in [1.165, 1.54) is 11.3 Å². The van der Waals surface area contributed by atoms with Crippen molar-refractivity contribution in [2.75, 3.05) is 18.5 Å². The number of carbonyl (C=O) groups excluding carboxylic acids is 2. The summed E-state index contributed by atoms with van der Waals surface area (Å²) in [5.41, 5.74) is 3.02. The van der Waals surface area contributed by atoms with Crippen LogP contribution in [0.2, 0.25) is 0 Å². The summed E-state index contributed by atoms with van der Waals surface area (Å²) >= 11 is 1.34. The third-order valence-corrected chi connectivity index (χ3v) is 5.62. The number of thiophene rings is 1. The van der Waals surface area contributed by atoms with Gasteiger partial charge in [-0.05, 0) is 18.9 Å². The summed E-state index contributed by atoms with van der Waals surface area (Å²) in [5, 5.41) is 7.43. The van der Waals surface area contributed by atoms with Gasteiger partial charge in [0.1, 0.15) is 10.6 Å². The molecular weight excluding hydrogens is 396 g/mol. The molecule has 3 aromatic rings. The molecule has 0 spiro atoms. The maximum absolute atomic E-state index is 13.2. The molecule has 1 amide bonds. The number of carbonyl (C=O) groups is 2. The molecule has 3 rings (SSSR count). The van der Waals surface area contributed by atoms with Crippen LogP contribution >= 0.6 is 11.3 Å². The van der Waals surface area contributed by atoms with E-state index in [4.69, 9.17) is 4.74 Å². The maximum Gasteiger partial charge on any atom is 0.341 e. The Morgan fingerprint density at radius 2 is 1.70 bits per heavy atom. The molecule has 6 heteroatoms. The van der Waals surface area contributed by atoms with Crippen LogP contribution in [0.5, 0.6) is 0 Å². The highest BCUT2D eigenvalue weighted by Gasteiger charge is 2.28. The van der Waals surface area contributed by atoms with Gasteiger partial charge >= 0.3 is 5.97 Å². The van der Waals surface area contributed by atoms with Gasteiger partial charge in [0.15, 0.2) is 6.04 Å². The second kappa shape index (κ2) is 10.7. The molecule has 0 saturated heterocycles. The van der Waals surface area contributed by atoms with E-state index in [1.54, 1.807) is 6.92 Å². The number of nitrogens with two attached hydrogens (primary N) is 1. The predicted octanol–water partition coefficient (Wildman–Crippen LogP) is 4.25. The quantitative estimate of drug-likeness (QED) is 0.506. The second-order valence-electron chi connectivity index (χ2n) is 6.84. The third kappa shape index (κ3) is 5.14. The largest absolute Gasteiger partial charge is 0.462 e. The van der Waals surface area contributed by atoms with Crippen molar-refractivity contribution in [2.24, 2.45) is 0 Å². The lowest BCUT2D eigenvalue weighted by Crippen LogP contribution is -2.87. The number of hydrogen-bond donors (Lipinski definition) is 2. The SMILES string of the molecule is CCC[NH2+][C@@H](C(=O)Nc1scc(-c2ccccc2)c1C(=O)OCC)c1ccccc1. The van der Waals surface area contributed by atoms with Crippen LogP contribution in [0.3, 0.4) is 0 Å². The summed E-state index contributed by atoms with van der Waals surface area (Å²) in [6.07, 6.45) is 0.960. The first-order valence-electron chi connectivity index (χ1n) is 10.2. The van der Waals surface area contributed by atoms with Crippen molar-refractivity contribution < 1.29 is 19.6 Å². The summed E-state index contributed by atoms with van der Waals surface area (Å²) < 4.78 is 5.29. The molecule has 0 fully saturated rings. The fourth-order valence-electron chi connectivity index (χ4n) is 3.26. The molecule has 1 aromatic heterocycles. The van der Waals surface area contributed by atoms with E-state index in [1.807, 2.05) is 71.4 Å². The summed E-state index contributed by atoms with van der Waals surface area (Å²) in [5.74, 6) is -0.580. The smallest absolute Gasteiger partial charge is 0.341 e. The number of ether oxygens (including phenoxy) is 1. The Labute approximate surface area is 181 Å². The van der Waals surface area contributed by atoms with Crippen molar-refractivity contribution in [3.05, 3.63) is 77.2 Å². The molecule has 156 valence electrons. The van der Waals surface area contributed by atoms with E-state index in [0.717, 1.165) is 29.7 Å². The van der Waals surface area contributed by atoms with Crippen LogP contribution in [0.4, 0.5) is 5.00 Å². The molecule has 0 aliphatic carbocycles. The molecule has 3 N–H and O–H groups in total. The van der Waals surface area contributed by atoms with Gasteiger partial charge in [0.2, 0.25) is 0 Å². The highest BCUT2D eigenvalue weighted by molar-refractivity contribution is 7.15. The Bertz CT molecular complexity index is 971. The van der Waals surface area contributed by atoms with Crippen molar-refractivity contribution in [1.29, 1.82) is 0 Å². The number of esters is 1. The molecular formula is C24H27N2O3S+. The van der Waals surface area contributed by atoms with E-state index in [9.17, 15) is 9.59 Å². The van der Waals surface area contributed by atoms with Gasteiger partial charge in [0, 0.05) is 16.5 Å². The third-order valence-electron chi connectivity index (χ3n) is 4.72. The zero-order valence-corrected chi connectivity index (χ0v) is 18.1. The monoisotopic (exact) mass is 423 g/mol. The van der Waals surface area contributed by atoms with Crippen LogP contribution in [0.15, 0.2) is 66.0 Å². The van der Waals surface area contributed by atoms with Crippen LogP contribution in [0.1, 0.15) is 42.2 Å². The highest BCUT2D eigenvalue weighted by atomic mass is 32.1. The van der Waals surface area contributed by atoms with Crippen LogP contribution in [0.25, 0.3) is 11.1 Å². The number of nitrogens with one attached hydrogen (secondary N) is 1. The van der Waals surface area contributed by atoms with E-state index in [0.29, 0.717) is 10.6 Å². The first-order chi connectivity index (χ1) is 14.7. The summed E-state index contributed by atoms with van der Waals surface area (Å²) in [6.45, 7) is 4.96. The maximum atomic E-state index is 13.2. The van der Waals surface area contributed by atoms with Gasteiger partial charge < -0.3 is 15.4 Å². The van der Waals surface area contributed by atoms with Gasteiger partial charge in [-0.2, -0.15) is 0 Å². The standard InChI is InChI=1S/C24H26N2O3S/c1-3-15-25-21(18-13-9-6-10-14-18)22(27)26-23-20(24(28)29-4-2)19(16-30-23)17-11-7-5-8-12-17/h5-14,16,21,25H,3-4,15H2,1-2H3,(H,26,27)/p+1/t21-/m1/s1. The minimum Gasteiger partial charge on any atom is -0.462 e. The van der Waals surface area contributed by atoms with E-state index < -0.39 is 5.97 Å². The van der Waals surface area contributed by atoms with Gasteiger partial charge in [0.05, 0.1) is 13.2 Å². The van der Waals surface area contributed by atoms with Gasteiger partial charge in [0.25, 0.3) is 5.91 Å². The first kappa shape index (κ1) is 21.7. The minimum absolute atomic E-state index is 0.151. The molecule has 2 aromatic carbocycles. The topological polar surface area (TPSA) is 72.0 Å². The Hall–Kier alpha value is -2.96. The fraction of sp³-hybridized carbons (Fsp3) is 0.250.